The van der Waals surface area contributed by atoms with Gasteiger partial charge in [0.15, 0.2) is 0 Å². The quantitative estimate of drug-likeness (QED) is 0.655. The first-order valence-electron chi connectivity index (χ1n) is 6.35. The van der Waals surface area contributed by atoms with Gasteiger partial charge in [-0.1, -0.05) is 13.3 Å². The number of hydrogen-bond acceptors (Lipinski definition) is 5. The number of nitrogens with one attached hydrogen (secondary N) is 1. The number of halogens is 1. The zero-order chi connectivity index (χ0) is 14.3. The van der Waals surface area contributed by atoms with E-state index in [9.17, 15) is 4.79 Å². The van der Waals surface area contributed by atoms with Crippen LogP contribution in [-0.4, -0.2) is 39.8 Å². The Morgan fingerprint density at radius 1 is 1.47 bits per heavy atom. The van der Waals surface area contributed by atoms with Gasteiger partial charge in [-0.15, -0.1) is 0 Å². The molecule has 0 radical (unpaired) electrons. The molecule has 0 fully saturated rings. The maximum Gasteiger partial charge on any atom is 0.283 e. The van der Waals surface area contributed by atoms with Crippen LogP contribution in [0.2, 0.25) is 0 Å². The highest BCUT2D eigenvalue weighted by molar-refractivity contribution is 9.10. The zero-order valence-corrected chi connectivity index (χ0v) is 12.6. The Hall–Kier alpha value is -0.920. The molecule has 0 saturated heterocycles. The van der Waals surface area contributed by atoms with E-state index in [1.807, 2.05) is 0 Å². The van der Waals surface area contributed by atoms with Crippen molar-refractivity contribution in [1.82, 2.24) is 9.78 Å². The lowest BCUT2D eigenvalue weighted by molar-refractivity contribution is 0.258. The van der Waals surface area contributed by atoms with Crippen molar-refractivity contribution in [3.8, 4) is 0 Å². The van der Waals surface area contributed by atoms with Crippen molar-refractivity contribution >= 4 is 21.6 Å². The first-order chi connectivity index (χ1) is 9.13. The topological polar surface area (TPSA) is 87.4 Å². The van der Waals surface area contributed by atoms with Crippen molar-refractivity contribution in [3.05, 3.63) is 21.0 Å². The minimum atomic E-state index is -0.269. The fourth-order valence-electron chi connectivity index (χ4n) is 1.73. The third-order valence-corrected chi connectivity index (χ3v) is 3.76. The molecule has 0 aliphatic rings. The molecule has 7 heteroatoms. The standard InChI is InChI=1S/C12H20BrN3O3/c1-2-9(3-5-17)7-14-10-8-15-16(4-6-18)12(19)11(10)13/h8-9,14,17-18H,2-7H2,1H3. The molecule has 0 bridgehead atoms. The SMILES string of the molecule is CCC(CCO)CNc1cnn(CCO)c(=O)c1Br. The fourth-order valence-corrected chi connectivity index (χ4v) is 2.18. The third kappa shape index (κ3) is 4.59. The summed E-state index contributed by atoms with van der Waals surface area (Å²) in [5.74, 6) is 0.358. The van der Waals surface area contributed by atoms with Gasteiger partial charge in [-0.25, -0.2) is 4.68 Å². The van der Waals surface area contributed by atoms with E-state index in [1.165, 1.54) is 4.68 Å². The van der Waals surface area contributed by atoms with Crippen molar-refractivity contribution < 1.29 is 10.2 Å². The van der Waals surface area contributed by atoms with E-state index in [0.29, 0.717) is 22.6 Å². The van der Waals surface area contributed by atoms with Crippen LogP contribution in [0.4, 0.5) is 5.69 Å². The molecule has 1 aromatic heterocycles. The summed E-state index contributed by atoms with van der Waals surface area (Å²) in [4.78, 5) is 11.9. The molecular formula is C12H20BrN3O3. The van der Waals surface area contributed by atoms with Gasteiger partial charge in [-0.2, -0.15) is 5.10 Å². The summed E-state index contributed by atoms with van der Waals surface area (Å²) in [6, 6.07) is 0. The van der Waals surface area contributed by atoms with Crippen LogP contribution in [0.25, 0.3) is 0 Å². The van der Waals surface area contributed by atoms with E-state index in [4.69, 9.17) is 10.2 Å². The van der Waals surface area contributed by atoms with Crippen molar-refractivity contribution in [2.24, 2.45) is 5.92 Å². The van der Waals surface area contributed by atoms with Crippen LogP contribution in [-0.2, 0) is 6.54 Å². The lowest BCUT2D eigenvalue weighted by Crippen LogP contribution is -2.26. The minimum absolute atomic E-state index is 0.124. The lowest BCUT2D eigenvalue weighted by atomic mass is 10.0. The van der Waals surface area contributed by atoms with Crippen LogP contribution in [0.15, 0.2) is 15.5 Å². The highest BCUT2D eigenvalue weighted by atomic mass is 79.9. The summed E-state index contributed by atoms with van der Waals surface area (Å²) in [7, 11) is 0. The van der Waals surface area contributed by atoms with Crippen LogP contribution < -0.4 is 10.9 Å². The van der Waals surface area contributed by atoms with Gasteiger partial charge in [0.05, 0.1) is 25.0 Å². The molecule has 0 aromatic carbocycles. The second kappa shape index (κ2) is 8.29. The van der Waals surface area contributed by atoms with Crippen LogP contribution >= 0.6 is 15.9 Å². The highest BCUT2D eigenvalue weighted by Crippen LogP contribution is 2.17. The van der Waals surface area contributed by atoms with E-state index in [0.717, 1.165) is 12.8 Å². The minimum Gasteiger partial charge on any atom is -0.396 e. The summed E-state index contributed by atoms with van der Waals surface area (Å²) >= 11 is 3.25. The molecule has 3 N–H and O–H groups in total. The normalized spacial score (nSPS) is 12.4. The third-order valence-electron chi connectivity index (χ3n) is 2.99. The van der Waals surface area contributed by atoms with E-state index in [2.05, 4.69) is 33.3 Å². The lowest BCUT2D eigenvalue weighted by Gasteiger charge is -2.16. The predicted octanol–water partition coefficient (Wildman–Crippen LogP) is 0.819. The van der Waals surface area contributed by atoms with E-state index < -0.39 is 0 Å². The van der Waals surface area contributed by atoms with Gasteiger partial charge in [0.2, 0.25) is 0 Å². The largest absolute Gasteiger partial charge is 0.396 e. The number of aliphatic hydroxyl groups is 2. The predicted molar refractivity (Wildman–Crippen MR) is 77.3 cm³/mol. The molecular weight excluding hydrogens is 314 g/mol. The van der Waals surface area contributed by atoms with Gasteiger partial charge in [0, 0.05) is 13.2 Å². The number of rotatable bonds is 8. The Bertz CT molecular complexity index is 450. The molecule has 1 rings (SSSR count). The number of anilines is 1. The molecule has 1 unspecified atom stereocenters. The molecule has 1 heterocycles. The van der Waals surface area contributed by atoms with Crippen LogP contribution in [0, 0.1) is 5.92 Å². The first-order valence-corrected chi connectivity index (χ1v) is 7.14. The zero-order valence-electron chi connectivity index (χ0n) is 11.0. The van der Waals surface area contributed by atoms with Crippen LogP contribution in [0.1, 0.15) is 19.8 Å². The molecule has 1 atom stereocenters. The molecule has 0 saturated carbocycles. The number of nitrogens with zero attached hydrogens (tertiary/aromatic N) is 2. The fraction of sp³-hybridized carbons (Fsp3) is 0.667. The average molecular weight is 334 g/mol. The van der Waals surface area contributed by atoms with E-state index in [1.54, 1.807) is 6.20 Å². The van der Waals surface area contributed by atoms with Gasteiger partial charge in [0.25, 0.3) is 5.56 Å². The summed E-state index contributed by atoms with van der Waals surface area (Å²) in [5, 5.41) is 24.9. The Morgan fingerprint density at radius 2 is 2.21 bits per heavy atom. The molecule has 0 aliphatic carbocycles. The molecule has 1 aromatic rings. The summed E-state index contributed by atoms with van der Waals surface area (Å²) in [6.45, 7) is 2.97. The second-order valence-electron chi connectivity index (χ2n) is 4.29. The monoisotopic (exact) mass is 333 g/mol. The van der Waals surface area contributed by atoms with Gasteiger partial charge < -0.3 is 15.5 Å². The maximum absolute atomic E-state index is 11.9. The Labute approximate surface area is 120 Å². The summed E-state index contributed by atoms with van der Waals surface area (Å²) in [6.07, 6.45) is 3.25. The Balaban J connectivity index is 2.74. The second-order valence-corrected chi connectivity index (χ2v) is 5.08. The maximum atomic E-state index is 11.9. The van der Waals surface area contributed by atoms with Crippen molar-refractivity contribution in [2.45, 2.75) is 26.3 Å². The summed E-state index contributed by atoms with van der Waals surface area (Å²) in [5.41, 5.74) is 0.366. The Morgan fingerprint density at radius 3 is 2.79 bits per heavy atom. The number of hydrogen-bond donors (Lipinski definition) is 3. The number of aliphatic hydroxyl groups excluding tert-OH is 2. The van der Waals surface area contributed by atoms with Crippen molar-refractivity contribution in [2.75, 3.05) is 25.1 Å². The smallest absolute Gasteiger partial charge is 0.283 e. The van der Waals surface area contributed by atoms with Crippen molar-refractivity contribution in [1.29, 1.82) is 0 Å². The molecule has 108 valence electrons. The van der Waals surface area contributed by atoms with E-state index in [-0.39, 0.29) is 25.3 Å². The van der Waals surface area contributed by atoms with Crippen LogP contribution in [0.5, 0.6) is 0 Å². The Kier molecular flexibility index (Phi) is 7.04. The van der Waals surface area contributed by atoms with Gasteiger partial charge in [-0.05, 0) is 28.3 Å². The highest BCUT2D eigenvalue weighted by Gasteiger charge is 2.10. The molecule has 0 aliphatic heterocycles. The number of aromatic nitrogens is 2. The molecule has 19 heavy (non-hydrogen) atoms. The first kappa shape index (κ1) is 16.1. The van der Waals surface area contributed by atoms with Gasteiger partial charge in [0.1, 0.15) is 4.47 Å². The molecule has 6 nitrogen and oxygen atoms in total. The summed E-state index contributed by atoms with van der Waals surface area (Å²) < 4.78 is 1.62. The van der Waals surface area contributed by atoms with Gasteiger partial charge >= 0.3 is 0 Å². The van der Waals surface area contributed by atoms with E-state index >= 15 is 0 Å². The van der Waals surface area contributed by atoms with Crippen molar-refractivity contribution in [3.63, 3.8) is 0 Å². The average Bonchev–Trinajstić information content (AvgIpc) is 2.42. The van der Waals surface area contributed by atoms with Gasteiger partial charge in [-0.3, -0.25) is 4.79 Å². The molecule has 0 amide bonds. The molecule has 0 spiro atoms. The van der Waals surface area contributed by atoms with Crippen LogP contribution in [0.3, 0.4) is 0 Å².